The summed E-state index contributed by atoms with van der Waals surface area (Å²) < 4.78 is 15.1. The number of hydrogen-bond acceptors (Lipinski definition) is 5. The van der Waals surface area contributed by atoms with E-state index in [4.69, 9.17) is 0 Å². The summed E-state index contributed by atoms with van der Waals surface area (Å²) in [6, 6.07) is 23.3. The average molecular weight is 446 g/mol. The number of nitrogens with zero attached hydrogens (tertiary/aromatic N) is 3. The summed E-state index contributed by atoms with van der Waals surface area (Å²) in [6.07, 6.45) is 0. The van der Waals surface area contributed by atoms with Gasteiger partial charge in [-0.2, -0.15) is 0 Å². The van der Waals surface area contributed by atoms with Crippen LogP contribution in [0.15, 0.2) is 84.0 Å². The normalized spacial score (nSPS) is 17.3. The second kappa shape index (κ2) is 8.47. The van der Waals surface area contributed by atoms with Gasteiger partial charge in [-0.1, -0.05) is 71.9 Å². The molecule has 0 unspecified atom stereocenters. The maximum Gasteiger partial charge on any atom is 0.240 e. The molecule has 4 aromatic rings. The Morgan fingerprint density at radius 1 is 1.00 bits per heavy atom. The van der Waals surface area contributed by atoms with Crippen LogP contribution in [0.25, 0.3) is 11.4 Å². The quantitative estimate of drug-likeness (QED) is 0.473. The molecular weight excluding hydrogens is 425 g/mol. The minimum atomic E-state index is -0.511. The van der Waals surface area contributed by atoms with Crippen LogP contribution in [0.3, 0.4) is 0 Å². The molecule has 32 heavy (non-hydrogen) atoms. The summed E-state index contributed by atoms with van der Waals surface area (Å²) >= 11 is 1.35. The summed E-state index contributed by atoms with van der Waals surface area (Å²) in [7, 11) is 0. The van der Waals surface area contributed by atoms with E-state index in [1.807, 2.05) is 66.2 Å². The van der Waals surface area contributed by atoms with Crippen molar-refractivity contribution in [2.24, 2.45) is 0 Å². The lowest BCUT2D eigenvalue weighted by Crippen LogP contribution is -2.41. The fourth-order valence-corrected chi connectivity index (χ4v) is 4.68. The predicted molar refractivity (Wildman–Crippen MR) is 123 cm³/mol. The van der Waals surface area contributed by atoms with E-state index in [0.717, 1.165) is 16.7 Å². The molecule has 0 saturated carbocycles. The molecule has 1 amide bonds. The first-order valence-electron chi connectivity index (χ1n) is 10.2. The van der Waals surface area contributed by atoms with Gasteiger partial charge in [0.05, 0.1) is 6.04 Å². The molecule has 0 bridgehead atoms. The number of benzene rings is 3. The number of amides is 1. The minimum Gasteiger partial charge on any atom is -0.325 e. The lowest BCUT2D eigenvalue weighted by molar-refractivity contribution is -0.116. The Balaban J connectivity index is 1.50. The fourth-order valence-electron chi connectivity index (χ4n) is 3.60. The van der Waals surface area contributed by atoms with Gasteiger partial charge in [0, 0.05) is 11.3 Å². The van der Waals surface area contributed by atoms with Crippen LogP contribution in [-0.4, -0.2) is 26.0 Å². The number of aromatic nitrogens is 3. The second-order valence-electron chi connectivity index (χ2n) is 7.56. The van der Waals surface area contributed by atoms with Gasteiger partial charge in [-0.15, -0.1) is 10.2 Å². The third-order valence-electron chi connectivity index (χ3n) is 5.28. The highest BCUT2D eigenvalue weighted by Gasteiger charge is 2.38. The number of halogens is 1. The fraction of sp³-hybridized carbons (Fsp3) is 0.125. The molecule has 0 fully saturated rings. The van der Waals surface area contributed by atoms with Gasteiger partial charge >= 0.3 is 0 Å². The monoisotopic (exact) mass is 445 g/mol. The first kappa shape index (κ1) is 20.3. The van der Waals surface area contributed by atoms with Gasteiger partial charge in [0.15, 0.2) is 5.82 Å². The molecule has 0 saturated heterocycles. The summed E-state index contributed by atoms with van der Waals surface area (Å²) in [5, 5.41) is 11.7. The van der Waals surface area contributed by atoms with E-state index in [0.29, 0.717) is 16.7 Å². The van der Waals surface area contributed by atoms with Crippen LogP contribution in [0.2, 0.25) is 0 Å². The van der Waals surface area contributed by atoms with E-state index >= 15 is 0 Å². The van der Waals surface area contributed by atoms with Crippen LogP contribution in [0, 0.1) is 12.7 Å². The van der Waals surface area contributed by atoms with Crippen LogP contribution in [0.5, 0.6) is 0 Å². The van der Waals surface area contributed by atoms with Crippen molar-refractivity contribution in [2.45, 2.75) is 23.4 Å². The maximum atomic E-state index is 13.3. The number of carbonyl (C=O) groups excluding carboxylic acids is 1. The number of fused-ring (bicyclic) bond motifs is 1. The molecule has 160 valence electrons. The van der Waals surface area contributed by atoms with Crippen LogP contribution >= 0.6 is 11.8 Å². The molecule has 1 aliphatic heterocycles. The summed E-state index contributed by atoms with van der Waals surface area (Å²) in [6.45, 7) is 2.02. The first-order valence-corrected chi connectivity index (χ1v) is 11.0. The van der Waals surface area contributed by atoms with Crippen LogP contribution < -0.4 is 10.7 Å². The Labute approximate surface area is 188 Å². The van der Waals surface area contributed by atoms with E-state index in [1.165, 1.54) is 23.9 Å². The smallest absolute Gasteiger partial charge is 0.240 e. The lowest BCUT2D eigenvalue weighted by atomic mass is 10.0. The molecule has 5 rings (SSSR count). The van der Waals surface area contributed by atoms with E-state index in [1.54, 1.807) is 12.1 Å². The number of aryl methyl sites for hydroxylation is 1. The lowest BCUT2D eigenvalue weighted by Gasteiger charge is -2.33. The van der Waals surface area contributed by atoms with Crippen molar-refractivity contribution in [1.29, 1.82) is 0 Å². The highest BCUT2D eigenvalue weighted by Crippen LogP contribution is 2.39. The van der Waals surface area contributed by atoms with Crippen molar-refractivity contribution < 1.29 is 9.18 Å². The van der Waals surface area contributed by atoms with Crippen molar-refractivity contribution in [3.05, 3.63) is 95.8 Å². The molecule has 3 aromatic carbocycles. The third kappa shape index (κ3) is 3.97. The largest absolute Gasteiger partial charge is 0.325 e. The number of thioether (sulfide) groups is 1. The first-order chi connectivity index (χ1) is 15.6. The van der Waals surface area contributed by atoms with E-state index in [9.17, 15) is 9.18 Å². The Morgan fingerprint density at radius 2 is 1.72 bits per heavy atom. The second-order valence-corrected chi connectivity index (χ2v) is 8.67. The third-order valence-corrected chi connectivity index (χ3v) is 6.49. The highest BCUT2D eigenvalue weighted by atomic mass is 32.2. The average Bonchev–Trinajstić information content (AvgIpc) is 3.24. The van der Waals surface area contributed by atoms with Gasteiger partial charge in [0.2, 0.25) is 11.1 Å². The van der Waals surface area contributed by atoms with Gasteiger partial charge in [0.1, 0.15) is 11.1 Å². The number of carbonyl (C=O) groups is 1. The van der Waals surface area contributed by atoms with Crippen molar-refractivity contribution >= 4 is 23.4 Å². The summed E-state index contributed by atoms with van der Waals surface area (Å²) in [5.41, 5.74) is 7.03. The van der Waals surface area contributed by atoms with E-state index < -0.39 is 5.25 Å². The number of rotatable bonds is 4. The zero-order valence-corrected chi connectivity index (χ0v) is 18.0. The van der Waals surface area contributed by atoms with Crippen LogP contribution in [-0.2, 0) is 4.79 Å². The van der Waals surface area contributed by atoms with E-state index in [2.05, 4.69) is 20.9 Å². The van der Waals surface area contributed by atoms with Gasteiger partial charge in [-0.3, -0.25) is 4.79 Å². The van der Waals surface area contributed by atoms with Crippen LogP contribution in [0.4, 0.5) is 10.1 Å². The SMILES string of the molecule is Cc1ccc([C@H]2Nn3c(nnc3-c3ccccc3)S[C@H]2C(=O)Nc2ccc(F)cc2)cc1. The van der Waals surface area contributed by atoms with Crippen molar-refractivity contribution in [3.63, 3.8) is 0 Å². The van der Waals surface area contributed by atoms with Gasteiger partial charge in [-0.05, 0) is 36.8 Å². The zero-order chi connectivity index (χ0) is 22.1. The Bertz CT molecular complexity index is 1240. The minimum absolute atomic E-state index is 0.199. The molecule has 1 aliphatic rings. The standard InChI is InChI=1S/C24H20FN5OS/c1-15-7-9-16(10-8-15)20-21(23(31)26-19-13-11-18(25)12-14-19)32-24-28-27-22(30(24)29-20)17-5-3-2-4-6-17/h2-14,20-21,29H,1H3,(H,26,31)/t20-,21-/m1/s1. The molecular formula is C24H20FN5OS. The topological polar surface area (TPSA) is 71.8 Å². The molecule has 0 aliphatic carbocycles. The summed E-state index contributed by atoms with van der Waals surface area (Å²) in [4.78, 5) is 13.3. The van der Waals surface area contributed by atoms with E-state index in [-0.39, 0.29) is 17.8 Å². The van der Waals surface area contributed by atoms with Crippen molar-refractivity contribution in [1.82, 2.24) is 14.9 Å². The number of hydrogen-bond donors (Lipinski definition) is 2. The number of anilines is 1. The molecule has 8 heteroatoms. The molecule has 0 radical (unpaired) electrons. The molecule has 2 heterocycles. The Kier molecular flexibility index (Phi) is 5.36. The zero-order valence-electron chi connectivity index (χ0n) is 17.2. The van der Waals surface area contributed by atoms with Gasteiger partial charge < -0.3 is 10.7 Å². The van der Waals surface area contributed by atoms with Crippen molar-refractivity contribution in [2.75, 3.05) is 10.7 Å². The van der Waals surface area contributed by atoms with Gasteiger partial charge in [0.25, 0.3) is 0 Å². The van der Waals surface area contributed by atoms with Crippen molar-refractivity contribution in [3.8, 4) is 11.4 Å². The Hall–Kier alpha value is -3.65. The number of nitrogens with one attached hydrogen (secondary N) is 2. The Morgan fingerprint density at radius 3 is 2.44 bits per heavy atom. The molecule has 2 N–H and O–H groups in total. The maximum absolute atomic E-state index is 13.3. The molecule has 1 aromatic heterocycles. The highest BCUT2D eigenvalue weighted by molar-refractivity contribution is 8.00. The predicted octanol–water partition coefficient (Wildman–Crippen LogP) is 4.79. The molecule has 0 spiro atoms. The van der Waals surface area contributed by atoms with Crippen LogP contribution in [0.1, 0.15) is 17.2 Å². The summed E-state index contributed by atoms with van der Waals surface area (Å²) in [5.74, 6) is 0.133. The molecule has 6 nitrogen and oxygen atoms in total. The molecule has 2 atom stereocenters. The van der Waals surface area contributed by atoms with Gasteiger partial charge in [-0.25, -0.2) is 9.07 Å².